The molecular weight excluding hydrogens is 218 g/mol. The molecule has 0 fully saturated rings. The third-order valence-electron chi connectivity index (χ3n) is 2.82. The third-order valence-corrected chi connectivity index (χ3v) is 2.82. The maximum Gasteiger partial charge on any atom is 0.267 e. The highest BCUT2D eigenvalue weighted by atomic mass is 16.5. The predicted molar refractivity (Wildman–Crippen MR) is 64.3 cm³/mol. The minimum atomic E-state index is -0.453. The van der Waals surface area contributed by atoms with Gasteiger partial charge in [-0.3, -0.25) is 9.59 Å². The molecule has 17 heavy (non-hydrogen) atoms. The number of hydrogen-bond acceptors (Lipinski definition) is 3. The van der Waals surface area contributed by atoms with Crippen molar-refractivity contribution in [2.45, 2.75) is 26.4 Å². The molecule has 1 aromatic carbocycles. The Morgan fingerprint density at radius 3 is 2.82 bits per heavy atom. The third kappa shape index (κ3) is 2.16. The van der Waals surface area contributed by atoms with Gasteiger partial charge in [-0.25, -0.2) is 0 Å². The van der Waals surface area contributed by atoms with Crippen molar-refractivity contribution in [3.63, 3.8) is 0 Å². The molecule has 1 heterocycles. The standard InChI is InChI=1S/C13H15NO3/c1-8(15)6-10-4-5-12-11(7-10)14(3)13(16)9(2)17-12/h4-5,7,9H,6H2,1-3H3. The molecule has 4 nitrogen and oxygen atoms in total. The van der Waals surface area contributed by atoms with Crippen LogP contribution in [-0.2, 0) is 16.0 Å². The summed E-state index contributed by atoms with van der Waals surface area (Å²) in [5.41, 5.74) is 1.63. The number of amides is 1. The highest BCUT2D eigenvalue weighted by Crippen LogP contribution is 2.33. The van der Waals surface area contributed by atoms with Gasteiger partial charge in [0.15, 0.2) is 6.10 Å². The van der Waals surface area contributed by atoms with E-state index in [0.29, 0.717) is 12.2 Å². The molecule has 1 unspecified atom stereocenters. The molecule has 0 saturated carbocycles. The second-order valence-corrected chi connectivity index (χ2v) is 4.34. The first-order valence-corrected chi connectivity index (χ1v) is 5.55. The van der Waals surface area contributed by atoms with Crippen molar-refractivity contribution in [3.8, 4) is 5.75 Å². The van der Waals surface area contributed by atoms with E-state index in [-0.39, 0.29) is 11.7 Å². The molecule has 1 aliphatic heterocycles. The number of ketones is 1. The van der Waals surface area contributed by atoms with Gasteiger partial charge in [0.25, 0.3) is 5.91 Å². The normalized spacial score (nSPS) is 18.6. The lowest BCUT2D eigenvalue weighted by molar-refractivity contribution is -0.125. The van der Waals surface area contributed by atoms with Crippen LogP contribution < -0.4 is 9.64 Å². The van der Waals surface area contributed by atoms with Crippen LogP contribution in [0.25, 0.3) is 0 Å². The molecule has 0 spiro atoms. The van der Waals surface area contributed by atoms with Crippen LogP contribution in [0.1, 0.15) is 19.4 Å². The van der Waals surface area contributed by atoms with E-state index >= 15 is 0 Å². The Kier molecular flexibility index (Phi) is 2.88. The summed E-state index contributed by atoms with van der Waals surface area (Å²) in [5.74, 6) is 0.716. The van der Waals surface area contributed by atoms with Crippen LogP contribution in [0, 0.1) is 0 Å². The molecular formula is C13H15NO3. The summed E-state index contributed by atoms with van der Waals surface area (Å²) < 4.78 is 5.50. The monoisotopic (exact) mass is 233 g/mol. The van der Waals surface area contributed by atoms with Gasteiger partial charge in [-0.1, -0.05) is 6.07 Å². The maximum atomic E-state index is 11.8. The Morgan fingerprint density at radius 2 is 2.18 bits per heavy atom. The molecule has 0 radical (unpaired) electrons. The first-order chi connectivity index (χ1) is 7.99. The number of ether oxygens (including phenoxy) is 1. The van der Waals surface area contributed by atoms with Gasteiger partial charge in [-0.2, -0.15) is 0 Å². The minimum Gasteiger partial charge on any atom is -0.479 e. The number of anilines is 1. The molecule has 0 saturated heterocycles. The molecule has 1 aromatic rings. The van der Waals surface area contributed by atoms with Gasteiger partial charge < -0.3 is 9.64 Å². The van der Waals surface area contributed by atoms with E-state index in [0.717, 1.165) is 11.3 Å². The lowest BCUT2D eigenvalue weighted by atomic mass is 10.1. The van der Waals surface area contributed by atoms with Gasteiger partial charge in [-0.05, 0) is 31.5 Å². The van der Waals surface area contributed by atoms with Crippen LogP contribution in [0.15, 0.2) is 18.2 Å². The van der Waals surface area contributed by atoms with Gasteiger partial charge in [0.05, 0.1) is 5.69 Å². The molecule has 1 atom stereocenters. The summed E-state index contributed by atoms with van der Waals surface area (Å²) >= 11 is 0. The Morgan fingerprint density at radius 1 is 1.47 bits per heavy atom. The van der Waals surface area contributed by atoms with Crippen molar-refractivity contribution in [2.24, 2.45) is 0 Å². The number of carbonyl (C=O) groups is 2. The van der Waals surface area contributed by atoms with E-state index in [1.807, 2.05) is 18.2 Å². The molecule has 0 bridgehead atoms. The largest absolute Gasteiger partial charge is 0.479 e. The van der Waals surface area contributed by atoms with E-state index < -0.39 is 6.10 Å². The van der Waals surface area contributed by atoms with Gasteiger partial charge in [0, 0.05) is 13.5 Å². The zero-order valence-electron chi connectivity index (χ0n) is 10.2. The number of carbonyl (C=O) groups excluding carboxylic acids is 2. The smallest absolute Gasteiger partial charge is 0.267 e. The van der Waals surface area contributed by atoms with E-state index in [4.69, 9.17) is 4.74 Å². The molecule has 0 aliphatic carbocycles. The highest BCUT2D eigenvalue weighted by molar-refractivity contribution is 5.99. The fraction of sp³-hybridized carbons (Fsp3) is 0.385. The summed E-state index contributed by atoms with van der Waals surface area (Å²) in [6, 6.07) is 5.50. The summed E-state index contributed by atoms with van der Waals surface area (Å²) in [5, 5.41) is 0. The maximum absolute atomic E-state index is 11.8. The fourth-order valence-electron chi connectivity index (χ4n) is 1.95. The van der Waals surface area contributed by atoms with Crippen LogP contribution in [0.5, 0.6) is 5.75 Å². The van der Waals surface area contributed by atoms with Crippen molar-refractivity contribution in [1.29, 1.82) is 0 Å². The van der Waals surface area contributed by atoms with Crippen LogP contribution in [0.3, 0.4) is 0 Å². The molecule has 0 N–H and O–H groups in total. The molecule has 0 aromatic heterocycles. The topological polar surface area (TPSA) is 46.6 Å². The molecule has 1 amide bonds. The molecule has 2 rings (SSSR count). The van der Waals surface area contributed by atoms with Crippen LogP contribution >= 0.6 is 0 Å². The number of Topliss-reactive ketones (excluding diaryl/α,β-unsaturated/α-hetero) is 1. The van der Waals surface area contributed by atoms with E-state index in [1.165, 1.54) is 0 Å². The highest BCUT2D eigenvalue weighted by Gasteiger charge is 2.28. The summed E-state index contributed by atoms with van der Waals surface area (Å²) in [7, 11) is 1.72. The molecule has 1 aliphatic rings. The summed E-state index contributed by atoms with van der Waals surface area (Å²) in [4.78, 5) is 24.4. The van der Waals surface area contributed by atoms with Gasteiger partial charge in [-0.15, -0.1) is 0 Å². The van der Waals surface area contributed by atoms with Crippen molar-refractivity contribution < 1.29 is 14.3 Å². The van der Waals surface area contributed by atoms with Crippen molar-refractivity contribution in [3.05, 3.63) is 23.8 Å². The first kappa shape index (κ1) is 11.6. The SMILES string of the molecule is CC(=O)Cc1ccc2c(c1)N(C)C(=O)C(C)O2. The van der Waals surface area contributed by atoms with E-state index in [2.05, 4.69) is 0 Å². The van der Waals surface area contributed by atoms with Gasteiger partial charge in [0.2, 0.25) is 0 Å². The lowest BCUT2D eigenvalue weighted by Gasteiger charge is -2.30. The predicted octanol–water partition coefficient (Wildman–Crippen LogP) is 1.56. The fourth-order valence-corrected chi connectivity index (χ4v) is 1.95. The number of likely N-dealkylation sites (N-methyl/N-ethyl adjacent to an activating group) is 1. The second kappa shape index (κ2) is 4.20. The van der Waals surface area contributed by atoms with Crippen LogP contribution in [0.4, 0.5) is 5.69 Å². The Balaban J connectivity index is 2.38. The quantitative estimate of drug-likeness (QED) is 0.778. The second-order valence-electron chi connectivity index (χ2n) is 4.34. The van der Waals surface area contributed by atoms with Crippen LogP contribution in [0.2, 0.25) is 0 Å². The van der Waals surface area contributed by atoms with Crippen molar-refractivity contribution in [2.75, 3.05) is 11.9 Å². The summed E-state index contributed by atoms with van der Waals surface area (Å²) in [6.45, 7) is 3.28. The lowest BCUT2D eigenvalue weighted by Crippen LogP contribution is -2.42. The Bertz CT molecular complexity index is 482. The zero-order chi connectivity index (χ0) is 12.6. The Hall–Kier alpha value is -1.84. The van der Waals surface area contributed by atoms with Crippen molar-refractivity contribution in [1.82, 2.24) is 0 Å². The average Bonchev–Trinajstić information content (AvgIpc) is 2.26. The van der Waals surface area contributed by atoms with Crippen molar-refractivity contribution >= 4 is 17.4 Å². The minimum absolute atomic E-state index is 0.0718. The molecule has 4 heteroatoms. The van der Waals surface area contributed by atoms with Gasteiger partial charge in [0.1, 0.15) is 11.5 Å². The van der Waals surface area contributed by atoms with E-state index in [1.54, 1.807) is 25.8 Å². The van der Waals surface area contributed by atoms with E-state index in [9.17, 15) is 9.59 Å². The number of nitrogens with zero attached hydrogens (tertiary/aromatic N) is 1. The zero-order valence-corrected chi connectivity index (χ0v) is 10.2. The first-order valence-electron chi connectivity index (χ1n) is 5.55. The number of benzene rings is 1. The van der Waals surface area contributed by atoms with Crippen LogP contribution in [-0.4, -0.2) is 24.8 Å². The Labute approximate surface area is 100 Å². The summed E-state index contributed by atoms with van der Waals surface area (Å²) in [6.07, 6.45) is -0.0728. The number of fused-ring (bicyclic) bond motifs is 1. The van der Waals surface area contributed by atoms with Gasteiger partial charge >= 0.3 is 0 Å². The number of hydrogen-bond donors (Lipinski definition) is 0. The number of rotatable bonds is 2. The average molecular weight is 233 g/mol. The molecule has 90 valence electrons.